The van der Waals surface area contributed by atoms with E-state index in [1.54, 1.807) is 60.4 Å². The molecule has 0 unspecified atom stereocenters. The van der Waals surface area contributed by atoms with Crippen molar-refractivity contribution in [1.82, 2.24) is 9.88 Å². The number of carbonyl (C=O) groups is 2. The smallest absolute Gasteiger partial charge is 0.263 e. The Balaban J connectivity index is 1.59. The van der Waals surface area contributed by atoms with Crippen LogP contribution in [-0.2, 0) is 17.9 Å². The Bertz CT molecular complexity index is 1150. The summed E-state index contributed by atoms with van der Waals surface area (Å²) in [4.78, 5) is 30.8. The number of nitrogens with one attached hydrogen (secondary N) is 1. The van der Waals surface area contributed by atoms with Crippen LogP contribution in [0.15, 0.2) is 60.8 Å². The van der Waals surface area contributed by atoms with Crippen LogP contribution in [-0.4, -0.2) is 27.8 Å². The SMILES string of the molecule is C[C@@H]1Oc2ccc(NC(=O)c3cccnc3Cl)cc2CN(Cc2ccccc2F)C1=O. The molecule has 4 rings (SSSR count). The second kappa shape index (κ2) is 8.73. The summed E-state index contributed by atoms with van der Waals surface area (Å²) in [5, 5.41) is 2.89. The highest BCUT2D eigenvalue weighted by Gasteiger charge is 2.28. The molecule has 0 saturated carbocycles. The van der Waals surface area contributed by atoms with Crippen molar-refractivity contribution in [2.24, 2.45) is 0 Å². The number of nitrogens with zero attached hydrogens (tertiary/aromatic N) is 2. The van der Waals surface area contributed by atoms with Gasteiger partial charge in [-0.25, -0.2) is 9.37 Å². The zero-order chi connectivity index (χ0) is 22.0. The van der Waals surface area contributed by atoms with Gasteiger partial charge in [0, 0.05) is 36.1 Å². The lowest BCUT2D eigenvalue weighted by Gasteiger charge is -2.22. The standard InChI is InChI=1S/C23H19ClFN3O3/c1-14-23(30)28(12-15-5-2-3-7-19(15)25)13-16-11-17(8-9-20(16)31-14)27-22(29)18-6-4-10-26-21(18)24/h2-11,14H,12-13H2,1H3,(H,27,29)/t14-/m0/s1. The Morgan fingerprint density at radius 1 is 1.26 bits per heavy atom. The summed E-state index contributed by atoms with van der Waals surface area (Å²) in [5.41, 5.74) is 1.88. The molecule has 1 atom stereocenters. The second-order valence-electron chi connectivity index (χ2n) is 7.16. The van der Waals surface area contributed by atoms with E-state index in [0.717, 1.165) is 0 Å². The Labute approximate surface area is 183 Å². The number of pyridine rings is 1. The minimum atomic E-state index is -0.720. The fourth-order valence-corrected chi connectivity index (χ4v) is 3.60. The number of carbonyl (C=O) groups excluding carboxylic acids is 2. The zero-order valence-corrected chi connectivity index (χ0v) is 17.4. The van der Waals surface area contributed by atoms with Gasteiger partial charge in [0.15, 0.2) is 6.10 Å². The van der Waals surface area contributed by atoms with Gasteiger partial charge in [0.1, 0.15) is 16.7 Å². The number of hydrogen-bond acceptors (Lipinski definition) is 4. The number of fused-ring (bicyclic) bond motifs is 1. The van der Waals surface area contributed by atoms with Gasteiger partial charge in [-0.3, -0.25) is 9.59 Å². The van der Waals surface area contributed by atoms with E-state index in [0.29, 0.717) is 22.6 Å². The quantitative estimate of drug-likeness (QED) is 0.610. The average Bonchev–Trinajstić information content (AvgIpc) is 2.86. The predicted octanol–water partition coefficient (Wildman–Crippen LogP) is 4.44. The zero-order valence-electron chi connectivity index (χ0n) is 16.6. The normalized spacial score (nSPS) is 15.6. The number of anilines is 1. The first kappa shape index (κ1) is 20.8. The maximum atomic E-state index is 14.1. The molecule has 2 aromatic carbocycles. The predicted molar refractivity (Wildman–Crippen MR) is 114 cm³/mol. The van der Waals surface area contributed by atoms with Crippen LogP contribution in [0, 0.1) is 5.82 Å². The summed E-state index contributed by atoms with van der Waals surface area (Å²) in [5.74, 6) is -0.482. The van der Waals surface area contributed by atoms with Gasteiger partial charge < -0.3 is 15.0 Å². The van der Waals surface area contributed by atoms with E-state index in [-0.39, 0.29) is 35.5 Å². The number of amides is 2. The van der Waals surface area contributed by atoms with Crippen molar-refractivity contribution < 1.29 is 18.7 Å². The van der Waals surface area contributed by atoms with Crippen molar-refractivity contribution in [2.45, 2.75) is 26.1 Å². The molecule has 2 heterocycles. The lowest BCUT2D eigenvalue weighted by atomic mass is 10.1. The molecule has 2 amide bonds. The summed E-state index contributed by atoms with van der Waals surface area (Å²) in [7, 11) is 0. The molecule has 3 aromatic rings. The highest BCUT2D eigenvalue weighted by Crippen LogP contribution is 2.30. The van der Waals surface area contributed by atoms with Crippen LogP contribution < -0.4 is 10.1 Å². The van der Waals surface area contributed by atoms with Crippen LogP contribution >= 0.6 is 11.6 Å². The minimum absolute atomic E-state index is 0.105. The van der Waals surface area contributed by atoms with Crippen molar-refractivity contribution in [3.05, 3.63) is 88.5 Å². The van der Waals surface area contributed by atoms with Gasteiger partial charge in [0.05, 0.1) is 5.56 Å². The Hall–Kier alpha value is -3.45. The van der Waals surface area contributed by atoms with Gasteiger partial charge in [-0.2, -0.15) is 0 Å². The first-order valence-electron chi connectivity index (χ1n) is 9.66. The van der Waals surface area contributed by atoms with Crippen LogP contribution in [0.5, 0.6) is 5.75 Å². The van der Waals surface area contributed by atoms with Crippen LogP contribution in [0.3, 0.4) is 0 Å². The second-order valence-corrected chi connectivity index (χ2v) is 7.52. The van der Waals surface area contributed by atoms with E-state index in [1.807, 2.05) is 0 Å². The Morgan fingerprint density at radius 3 is 2.84 bits per heavy atom. The fraction of sp³-hybridized carbons (Fsp3) is 0.174. The van der Waals surface area contributed by atoms with E-state index in [4.69, 9.17) is 16.3 Å². The summed E-state index contributed by atoms with van der Waals surface area (Å²) < 4.78 is 19.9. The van der Waals surface area contributed by atoms with Crippen LogP contribution in [0.1, 0.15) is 28.4 Å². The first-order chi connectivity index (χ1) is 14.9. The molecule has 1 aliphatic heterocycles. The Morgan fingerprint density at radius 2 is 2.06 bits per heavy atom. The number of rotatable bonds is 4. The molecule has 31 heavy (non-hydrogen) atoms. The lowest BCUT2D eigenvalue weighted by molar-refractivity contribution is -0.138. The largest absolute Gasteiger partial charge is 0.481 e. The molecule has 158 valence electrons. The summed E-state index contributed by atoms with van der Waals surface area (Å²) in [6.45, 7) is 1.98. The summed E-state index contributed by atoms with van der Waals surface area (Å²) in [6, 6.07) is 14.7. The number of halogens is 2. The molecule has 1 aliphatic rings. The fourth-order valence-electron chi connectivity index (χ4n) is 3.40. The Kier molecular flexibility index (Phi) is 5.86. The average molecular weight is 440 g/mol. The van der Waals surface area contributed by atoms with Gasteiger partial charge in [-0.15, -0.1) is 0 Å². The number of aromatic nitrogens is 1. The lowest BCUT2D eigenvalue weighted by Crippen LogP contribution is -2.37. The molecule has 1 N–H and O–H groups in total. The van der Waals surface area contributed by atoms with Crippen molar-refractivity contribution in [3.8, 4) is 5.75 Å². The number of hydrogen-bond donors (Lipinski definition) is 1. The van der Waals surface area contributed by atoms with E-state index in [2.05, 4.69) is 10.3 Å². The highest BCUT2D eigenvalue weighted by molar-refractivity contribution is 6.33. The van der Waals surface area contributed by atoms with Gasteiger partial charge >= 0.3 is 0 Å². The van der Waals surface area contributed by atoms with Crippen LogP contribution in [0.25, 0.3) is 0 Å². The van der Waals surface area contributed by atoms with Gasteiger partial charge in [-0.1, -0.05) is 29.8 Å². The van der Waals surface area contributed by atoms with E-state index in [9.17, 15) is 14.0 Å². The highest BCUT2D eigenvalue weighted by atomic mass is 35.5. The van der Waals surface area contributed by atoms with Gasteiger partial charge in [-0.05, 0) is 43.3 Å². The molecule has 0 fully saturated rings. The van der Waals surface area contributed by atoms with E-state index in [1.165, 1.54) is 12.3 Å². The molecule has 0 spiro atoms. The monoisotopic (exact) mass is 439 g/mol. The molecule has 0 bridgehead atoms. The third-order valence-corrected chi connectivity index (χ3v) is 5.27. The maximum Gasteiger partial charge on any atom is 0.263 e. The topological polar surface area (TPSA) is 71.5 Å². The molecule has 1 aromatic heterocycles. The minimum Gasteiger partial charge on any atom is -0.481 e. The van der Waals surface area contributed by atoms with Gasteiger partial charge in [0.25, 0.3) is 11.8 Å². The molecule has 8 heteroatoms. The molecule has 0 radical (unpaired) electrons. The first-order valence-corrected chi connectivity index (χ1v) is 10.0. The molecular formula is C23H19ClFN3O3. The maximum absolute atomic E-state index is 14.1. The number of benzene rings is 2. The van der Waals surface area contributed by atoms with Crippen LogP contribution in [0.2, 0.25) is 5.15 Å². The number of ether oxygens (including phenoxy) is 1. The molecule has 6 nitrogen and oxygen atoms in total. The third kappa shape index (κ3) is 4.51. The van der Waals surface area contributed by atoms with Crippen molar-refractivity contribution in [3.63, 3.8) is 0 Å². The van der Waals surface area contributed by atoms with E-state index < -0.39 is 12.0 Å². The van der Waals surface area contributed by atoms with E-state index >= 15 is 0 Å². The summed E-state index contributed by atoms with van der Waals surface area (Å²) in [6.07, 6.45) is 0.781. The van der Waals surface area contributed by atoms with Crippen molar-refractivity contribution in [1.29, 1.82) is 0 Å². The molecular weight excluding hydrogens is 421 g/mol. The van der Waals surface area contributed by atoms with Crippen LogP contribution in [0.4, 0.5) is 10.1 Å². The van der Waals surface area contributed by atoms with Crippen molar-refractivity contribution in [2.75, 3.05) is 5.32 Å². The third-order valence-electron chi connectivity index (χ3n) is 4.97. The summed E-state index contributed by atoms with van der Waals surface area (Å²) >= 11 is 6.00. The molecule has 0 saturated heterocycles. The molecule has 0 aliphatic carbocycles. The van der Waals surface area contributed by atoms with Gasteiger partial charge in [0.2, 0.25) is 0 Å². The van der Waals surface area contributed by atoms with Crippen molar-refractivity contribution >= 4 is 29.1 Å².